The van der Waals surface area contributed by atoms with Crippen LogP contribution in [0.15, 0.2) is 30.6 Å². The SMILES string of the molecule is Cl.Cl.c1cnc2c(c1)N(c1cnc3c(c1)CNCC3)CCO2. The Labute approximate surface area is 141 Å². The minimum atomic E-state index is 0. The minimum absolute atomic E-state index is 0. The molecule has 0 amide bonds. The van der Waals surface area contributed by atoms with Crippen LogP contribution in [0.3, 0.4) is 0 Å². The zero-order chi connectivity index (χ0) is 13.4. The molecule has 1 N–H and O–H groups in total. The monoisotopic (exact) mass is 340 g/mol. The molecule has 2 aromatic heterocycles. The van der Waals surface area contributed by atoms with E-state index < -0.39 is 0 Å². The van der Waals surface area contributed by atoms with Crippen LogP contribution in [0.4, 0.5) is 11.4 Å². The molecule has 22 heavy (non-hydrogen) atoms. The van der Waals surface area contributed by atoms with E-state index in [0.717, 1.165) is 37.4 Å². The predicted molar refractivity (Wildman–Crippen MR) is 90.9 cm³/mol. The van der Waals surface area contributed by atoms with Crippen LogP contribution < -0.4 is 15.0 Å². The Kier molecular flexibility index (Phi) is 5.45. The fourth-order valence-electron chi connectivity index (χ4n) is 2.80. The maximum atomic E-state index is 5.60. The van der Waals surface area contributed by atoms with Crippen LogP contribution in [0.25, 0.3) is 0 Å². The van der Waals surface area contributed by atoms with Gasteiger partial charge in [0.25, 0.3) is 0 Å². The standard InChI is InChI=1S/C15H16N4O.2ClH/c1-2-14-15(17-4-1)20-7-6-19(14)12-8-11-9-16-5-3-13(11)18-10-12;;/h1-2,4,8,10,16H,3,5-7,9H2;2*1H. The maximum absolute atomic E-state index is 5.60. The second-order valence-electron chi connectivity index (χ2n) is 5.05. The van der Waals surface area contributed by atoms with Gasteiger partial charge in [-0.25, -0.2) is 4.98 Å². The average molecular weight is 341 g/mol. The van der Waals surface area contributed by atoms with Gasteiger partial charge in [0.2, 0.25) is 5.88 Å². The first kappa shape index (κ1) is 16.8. The van der Waals surface area contributed by atoms with Gasteiger partial charge in [-0.2, -0.15) is 0 Å². The van der Waals surface area contributed by atoms with E-state index in [-0.39, 0.29) is 24.8 Å². The number of ether oxygens (including phenoxy) is 1. The summed E-state index contributed by atoms with van der Waals surface area (Å²) in [5.41, 5.74) is 4.65. The summed E-state index contributed by atoms with van der Waals surface area (Å²) in [5, 5.41) is 3.39. The number of hydrogen-bond acceptors (Lipinski definition) is 5. The molecule has 5 nitrogen and oxygen atoms in total. The fourth-order valence-corrected chi connectivity index (χ4v) is 2.80. The highest BCUT2D eigenvalue weighted by atomic mass is 35.5. The maximum Gasteiger partial charge on any atom is 0.237 e. The molecule has 118 valence electrons. The number of nitrogens with one attached hydrogen (secondary N) is 1. The molecule has 7 heteroatoms. The molecule has 2 aliphatic heterocycles. The van der Waals surface area contributed by atoms with Crippen LogP contribution in [0, 0.1) is 0 Å². The highest BCUT2D eigenvalue weighted by Gasteiger charge is 2.21. The van der Waals surface area contributed by atoms with E-state index in [9.17, 15) is 0 Å². The predicted octanol–water partition coefficient (Wildman–Crippen LogP) is 2.50. The lowest BCUT2D eigenvalue weighted by Gasteiger charge is -2.31. The number of anilines is 2. The normalized spacial score (nSPS) is 15.5. The third kappa shape index (κ3) is 2.97. The van der Waals surface area contributed by atoms with E-state index in [1.165, 1.54) is 11.3 Å². The number of pyridine rings is 2. The lowest BCUT2D eigenvalue weighted by molar-refractivity contribution is 0.301. The Morgan fingerprint density at radius 1 is 1.23 bits per heavy atom. The van der Waals surface area contributed by atoms with Crippen molar-refractivity contribution in [2.24, 2.45) is 0 Å². The summed E-state index contributed by atoms with van der Waals surface area (Å²) < 4.78 is 5.60. The van der Waals surface area contributed by atoms with Crippen molar-refractivity contribution < 1.29 is 4.74 Å². The van der Waals surface area contributed by atoms with Gasteiger partial charge in [0, 0.05) is 31.4 Å². The first-order valence-corrected chi connectivity index (χ1v) is 6.96. The van der Waals surface area contributed by atoms with Gasteiger partial charge in [-0.15, -0.1) is 24.8 Å². The molecular formula is C15H18Cl2N4O. The van der Waals surface area contributed by atoms with E-state index in [0.29, 0.717) is 12.5 Å². The average Bonchev–Trinajstić information content (AvgIpc) is 2.54. The zero-order valence-electron chi connectivity index (χ0n) is 12.0. The summed E-state index contributed by atoms with van der Waals surface area (Å²) in [4.78, 5) is 11.1. The van der Waals surface area contributed by atoms with Crippen LogP contribution >= 0.6 is 24.8 Å². The first-order valence-electron chi connectivity index (χ1n) is 6.96. The van der Waals surface area contributed by atoms with E-state index in [1.807, 2.05) is 18.3 Å². The molecule has 4 rings (SSSR count). The van der Waals surface area contributed by atoms with Gasteiger partial charge in [0.1, 0.15) is 12.3 Å². The van der Waals surface area contributed by atoms with Crippen LogP contribution in [0.2, 0.25) is 0 Å². The van der Waals surface area contributed by atoms with Gasteiger partial charge in [0.05, 0.1) is 18.4 Å². The number of aromatic nitrogens is 2. The molecule has 0 saturated carbocycles. The molecule has 0 saturated heterocycles. The Hall–Kier alpha value is -1.56. The van der Waals surface area contributed by atoms with Crippen LogP contribution in [0.1, 0.15) is 11.3 Å². The molecule has 0 aliphatic carbocycles. The van der Waals surface area contributed by atoms with E-state index >= 15 is 0 Å². The van der Waals surface area contributed by atoms with Crippen molar-refractivity contribution in [3.05, 3.63) is 41.9 Å². The van der Waals surface area contributed by atoms with Crippen LogP contribution in [-0.4, -0.2) is 29.7 Å². The van der Waals surface area contributed by atoms with Gasteiger partial charge in [-0.3, -0.25) is 4.98 Å². The Balaban J connectivity index is 0.000000882. The summed E-state index contributed by atoms with van der Waals surface area (Å²) in [6.07, 6.45) is 4.74. The summed E-state index contributed by atoms with van der Waals surface area (Å²) in [5.74, 6) is 0.703. The smallest absolute Gasteiger partial charge is 0.237 e. The van der Waals surface area contributed by atoms with E-state index in [2.05, 4.69) is 26.3 Å². The molecule has 0 fully saturated rings. The Morgan fingerprint density at radius 3 is 3.05 bits per heavy atom. The second-order valence-corrected chi connectivity index (χ2v) is 5.05. The largest absolute Gasteiger partial charge is 0.474 e. The summed E-state index contributed by atoms with van der Waals surface area (Å²) >= 11 is 0. The summed E-state index contributed by atoms with van der Waals surface area (Å²) in [6, 6.07) is 6.21. The number of hydrogen-bond donors (Lipinski definition) is 1. The van der Waals surface area contributed by atoms with Crippen LogP contribution in [-0.2, 0) is 13.0 Å². The van der Waals surface area contributed by atoms with Gasteiger partial charge in [-0.05, 0) is 23.8 Å². The lowest BCUT2D eigenvalue weighted by atomic mass is 10.1. The topological polar surface area (TPSA) is 50.3 Å². The molecule has 2 aromatic rings. The number of halogens is 2. The van der Waals surface area contributed by atoms with Gasteiger partial charge < -0.3 is 15.0 Å². The Morgan fingerprint density at radius 2 is 2.14 bits per heavy atom. The molecular weight excluding hydrogens is 323 g/mol. The van der Waals surface area contributed by atoms with Crippen molar-refractivity contribution in [3.8, 4) is 5.88 Å². The third-order valence-electron chi connectivity index (χ3n) is 3.81. The number of nitrogens with zero attached hydrogens (tertiary/aromatic N) is 3. The minimum Gasteiger partial charge on any atom is -0.474 e. The van der Waals surface area contributed by atoms with Crippen molar-refractivity contribution in [1.82, 2.24) is 15.3 Å². The van der Waals surface area contributed by atoms with Gasteiger partial charge in [0.15, 0.2) is 0 Å². The first-order chi connectivity index (χ1) is 9.92. The van der Waals surface area contributed by atoms with E-state index in [4.69, 9.17) is 4.74 Å². The van der Waals surface area contributed by atoms with Gasteiger partial charge in [-0.1, -0.05) is 0 Å². The van der Waals surface area contributed by atoms with Crippen molar-refractivity contribution in [1.29, 1.82) is 0 Å². The second kappa shape index (κ2) is 7.13. The molecule has 0 radical (unpaired) electrons. The third-order valence-corrected chi connectivity index (χ3v) is 3.81. The molecule has 4 heterocycles. The highest BCUT2D eigenvalue weighted by Crippen LogP contribution is 2.34. The lowest BCUT2D eigenvalue weighted by Crippen LogP contribution is -2.30. The Bertz CT molecular complexity index is 653. The fraction of sp³-hybridized carbons (Fsp3) is 0.333. The number of rotatable bonds is 1. The quantitative estimate of drug-likeness (QED) is 0.864. The van der Waals surface area contributed by atoms with E-state index in [1.54, 1.807) is 6.20 Å². The molecule has 0 aromatic carbocycles. The summed E-state index contributed by atoms with van der Waals surface area (Å²) in [7, 11) is 0. The van der Waals surface area contributed by atoms with Crippen molar-refractivity contribution in [3.63, 3.8) is 0 Å². The number of fused-ring (bicyclic) bond motifs is 2. The molecule has 0 spiro atoms. The molecule has 0 atom stereocenters. The molecule has 2 aliphatic rings. The van der Waals surface area contributed by atoms with Crippen molar-refractivity contribution in [2.45, 2.75) is 13.0 Å². The summed E-state index contributed by atoms with van der Waals surface area (Å²) in [6.45, 7) is 3.40. The zero-order valence-corrected chi connectivity index (χ0v) is 13.6. The molecule has 0 unspecified atom stereocenters. The van der Waals surface area contributed by atoms with Gasteiger partial charge >= 0.3 is 0 Å². The van der Waals surface area contributed by atoms with Crippen molar-refractivity contribution in [2.75, 3.05) is 24.6 Å². The highest BCUT2D eigenvalue weighted by molar-refractivity contribution is 5.85. The van der Waals surface area contributed by atoms with Crippen LogP contribution in [0.5, 0.6) is 5.88 Å². The molecule has 0 bridgehead atoms. The van der Waals surface area contributed by atoms with Crippen molar-refractivity contribution >= 4 is 36.2 Å².